The maximum absolute atomic E-state index is 5.60. The summed E-state index contributed by atoms with van der Waals surface area (Å²) in [5.74, 6) is 2.24. The van der Waals surface area contributed by atoms with Crippen LogP contribution in [0.4, 0.5) is 11.6 Å². The molecule has 0 spiro atoms. The van der Waals surface area contributed by atoms with Gasteiger partial charge in [-0.05, 0) is 51.2 Å². The molecule has 0 atom stereocenters. The van der Waals surface area contributed by atoms with E-state index < -0.39 is 0 Å². The van der Waals surface area contributed by atoms with Gasteiger partial charge in [-0.25, -0.2) is 15.0 Å². The van der Waals surface area contributed by atoms with E-state index in [0.29, 0.717) is 18.0 Å². The predicted molar refractivity (Wildman–Crippen MR) is 122 cm³/mol. The molecule has 6 nitrogen and oxygen atoms in total. The zero-order valence-electron chi connectivity index (χ0n) is 19.3. The molecule has 0 aliphatic heterocycles. The summed E-state index contributed by atoms with van der Waals surface area (Å²) in [7, 11) is 3.72. The fraction of sp³-hybridized carbons (Fsp3) is 0.609. The van der Waals surface area contributed by atoms with Crippen LogP contribution in [0, 0.1) is 0 Å². The van der Waals surface area contributed by atoms with Crippen LogP contribution in [-0.4, -0.2) is 41.2 Å². The van der Waals surface area contributed by atoms with Gasteiger partial charge in [0.2, 0.25) is 0 Å². The van der Waals surface area contributed by atoms with Crippen LogP contribution >= 0.6 is 0 Å². The lowest BCUT2D eigenvalue weighted by Crippen LogP contribution is -2.26. The molecule has 0 saturated carbocycles. The summed E-state index contributed by atoms with van der Waals surface area (Å²) >= 11 is 0. The molecule has 0 fully saturated rings. The number of nitrogens with one attached hydrogen (secondary N) is 1. The SMILES string of the molecule is CCc1cc(N(C)C(C)C)ncc1-c1nc(OC)c(NC(CC)CC)nc1CC. The van der Waals surface area contributed by atoms with Gasteiger partial charge >= 0.3 is 0 Å². The monoisotopic (exact) mass is 399 g/mol. The van der Waals surface area contributed by atoms with Crippen LogP contribution in [0.2, 0.25) is 0 Å². The highest BCUT2D eigenvalue weighted by atomic mass is 16.5. The fourth-order valence-electron chi connectivity index (χ4n) is 3.29. The summed E-state index contributed by atoms with van der Waals surface area (Å²) in [4.78, 5) is 16.7. The first kappa shape index (κ1) is 22.9. The van der Waals surface area contributed by atoms with Crippen LogP contribution in [0.25, 0.3) is 11.3 Å². The third-order valence-corrected chi connectivity index (χ3v) is 5.54. The van der Waals surface area contributed by atoms with E-state index in [-0.39, 0.29) is 0 Å². The molecule has 0 aromatic carbocycles. The number of methoxy groups -OCH3 is 1. The molecule has 0 aliphatic rings. The Hall–Kier alpha value is -2.37. The number of anilines is 2. The van der Waals surface area contributed by atoms with E-state index in [9.17, 15) is 0 Å². The highest BCUT2D eigenvalue weighted by molar-refractivity contribution is 5.69. The molecule has 2 aromatic rings. The van der Waals surface area contributed by atoms with Crippen molar-refractivity contribution >= 4 is 11.6 Å². The average Bonchev–Trinajstić information content (AvgIpc) is 2.75. The normalized spacial score (nSPS) is 11.2. The molecule has 2 heterocycles. The van der Waals surface area contributed by atoms with Gasteiger partial charge in [-0.2, -0.15) is 0 Å². The van der Waals surface area contributed by atoms with E-state index in [1.165, 1.54) is 5.56 Å². The van der Waals surface area contributed by atoms with E-state index in [2.05, 4.69) is 64.9 Å². The van der Waals surface area contributed by atoms with Crippen molar-refractivity contribution in [3.05, 3.63) is 23.5 Å². The largest absolute Gasteiger partial charge is 0.478 e. The van der Waals surface area contributed by atoms with Gasteiger partial charge in [0.05, 0.1) is 18.5 Å². The molecule has 6 heteroatoms. The molecule has 0 radical (unpaired) electrons. The highest BCUT2D eigenvalue weighted by Crippen LogP contribution is 2.32. The molecule has 160 valence electrons. The molecule has 0 saturated heterocycles. The molecule has 2 aromatic heterocycles. The molecular formula is C23H37N5O. The quantitative estimate of drug-likeness (QED) is 0.598. The van der Waals surface area contributed by atoms with Gasteiger partial charge in [0.1, 0.15) is 5.82 Å². The average molecular weight is 400 g/mol. The van der Waals surface area contributed by atoms with Crippen LogP contribution in [0.3, 0.4) is 0 Å². The molecule has 2 rings (SSSR count). The lowest BCUT2D eigenvalue weighted by atomic mass is 10.0. The maximum Gasteiger partial charge on any atom is 0.257 e. The van der Waals surface area contributed by atoms with Gasteiger partial charge in [-0.3, -0.25) is 0 Å². The molecule has 29 heavy (non-hydrogen) atoms. The zero-order chi connectivity index (χ0) is 21.6. The molecule has 0 bridgehead atoms. The van der Waals surface area contributed by atoms with Gasteiger partial charge in [0.25, 0.3) is 5.88 Å². The first-order valence-electron chi connectivity index (χ1n) is 10.8. The van der Waals surface area contributed by atoms with Crippen molar-refractivity contribution in [2.45, 2.75) is 79.3 Å². The van der Waals surface area contributed by atoms with Crippen molar-refractivity contribution < 1.29 is 4.74 Å². The highest BCUT2D eigenvalue weighted by Gasteiger charge is 2.20. The van der Waals surface area contributed by atoms with E-state index >= 15 is 0 Å². The Bertz CT molecular complexity index is 802. The fourth-order valence-corrected chi connectivity index (χ4v) is 3.29. The van der Waals surface area contributed by atoms with Gasteiger partial charge < -0.3 is 15.0 Å². The number of pyridine rings is 1. The Labute approximate surface area is 176 Å². The maximum atomic E-state index is 5.60. The van der Waals surface area contributed by atoms with Gasteiger partial charge in [-0.15, -0.1) is 0 Å². The Balaban J connectivity index is 2.56. The topological polar surface area (TPSA) is 63.2 Å². The van der Waals surface area contributed by atoms with Gasteiger partial charge in [0, 0.05) is 30.9 Å². The number of rotatable bonds is 10. The van der Waals surface area contributed by atoms with E-state index in [1.54, 1.807) is 7.11 Å². The van der Waals surface area contributed by atoms with E-state index in [4.69, 9.17) is 19.7 Å². The zero-order valence-corrected chi connectivity index (χ0v) is 19.3. The van der Waals surface area contributed by atoms with Crippen molar-refractivity contribution in [3.8, 4) is 17.1 Å². The number of aromatic nitrogens is 3. The van der Waals surface area contributed by atoms with Crippen LogP contribution in [-0.2, 0) is 12.8 Å². The predicted octanol–water partition coefficient (Wildman–Crippen LogP) is 5.12. The second kappa shape index (κ2) is 10.4. The Morgan fingerprint density at radius 1 is 1.07 bits per heavy atom. The lowest BCUT2D eigenvalue weighted by molar-refractivity contribution is 0.397. The number of ether oxygens (including phenoxy) is 1. The van der Waals surface area contributed by atoms with Crippen LogP contribution in [0.1, 0.15) is 65.6 Å². The van der Waals surface area contributed by atoms with Crippen LogP contribution in [0.15, 0.2) is 12.3 Å². The van der Waals surface area contributed by atoms with Crippen molar-refractivity contribution in [2.24, 2.45) is 0 Å². The first-order valence-corrected chi connectivity index (χ1v) is 10.8. The summed E-state index contributed by atoms with van der Waals surface area (Å²) in [6.45, 7) is 12.9. The summed E-state index contributed by atoms with van der Waals surface area (Å²) in [6.07, 6.45) is 5.68. The minimum Gasteiger partial charge on any atom is -0.478 e. The summed E-state index contributed by atoms with van der Waals surface area (Å²) in [5.41, 5.74) is 4.07. The molecule has 0 unspecified atom stereocenters. The molecule has 0 amide bonds. The van der Waals surface area contributed by atoms with Crippen molar-refractivity contribution in [1.82, 2.24) is 15.0 Å². The van der Waals surface area contributed by atoms with E-state index in [1.807, 2.05) is 6.20 Å². The second-order valence-electron chi connectivity index (χ2n) is 7.65. The van der Waals surface area contributed by atoms with Crippen LogP contribution in [0.5, 0.6) is 5.88 Å². The summed E-state index contributed by atoms with van der Waals surface area (Å²) < 4.78 is 5.60. The molecular weight excluding hydrogens is 362 g/mol. The minimum atomic E-state index is 0.354. The Morgan fingerprint density at radius 2 is 1.76 bits per heavy atom. The number of aryl methyl sites for hydroxylation is 2. The Kier molecular flexibility index (Phi) is 8.23. The second-order valence-corrected chi connectivity index (χ2v) is 7.65. The lowest BCUT2D eigenvalue weighted by Gasteiger charge is -2.24. The van der Waals surface area contributed by atoms with Crippen LogP contribution < -0.4 is 15.0 Å². The number of hydrogen-bond donors (Lipinski definition) is 1. The number of nitrogens with zero attached hydrogens (tertiary/aromatic N) is 4. The van der Waals surface area contributed by atoms with Crippen molar-refractivity contribution in [3.63, 3.8) is 0 Å². The van der Waals surface area contributed by atoms with Gasteiger partial charge in [-0.1, -0.05) is 27.7 Å². The number of hydrogen-bond acceptors (Lipinski definition) is 6. The summed E-state index contributed by atoms with van der Waals surface area (Å²) in [5, 5.41) is 3.50. The third kappa shape index (κ3) is 5.17. The third-order valence-electron chi connectivity index (χ3n) is 5.54. The minimum absolute atomic E-state index is 0.354. The van der Waals surface area contributed by atoms with E-state index in [0.717, 1.165) is 54.3 Å². The standard InChI is InChI=1S/C23H37N5O/c1-9-16-13-20(28(7)15(5)6)24-14-18(16)21-19(12-4)26-22(23(27-21)29-8)25-17(10-2)11-3/h13-15,17H,9-12H2,1-8H3,(H,25,26). The molecule has 1 N–H and O–H groups in total. The van der Waals surface area contributed by atoms with Crippen molar-refractivity contribution in [2.75, 3.05) is 24.4 Å². The first-order chi connectivity index (χ1) is 13.9. The Morgan fingerprint density at radius 3 is 2.28 bits per heavy atom. The molecule has 0 aliphatic carbocycles. The van der Waals surface area contributed by atoms with Crippen molar-refractivity contribution in [1.29, 1.82) is 0 Å². The smallest absolute Gasteiger partial charge is 0.257 e. The summed E-state index contributed by atoms with van der Waals surface area (Å²) in [6, 6.07) is 2.91. The van der Waals surface area contributed by atoms with Gasteiger partial charge in [0.15, 0.2) is 5.82 Å².